The van der Waals surface area contributed by atoms with Crippen molar-refractivity contribution in [3.05, 3.63) is 93.9 Å². The predicted molar refractivity (Wildman–Crippen MR) is 191 cm³/mol. The van der Waals surface area contributed by atoms with Crippen LogP contribution >= 0.6 is 22.7 Å². The van der Waals surface area contributed by atoms with Crippen LogP contribution in [-0.4, -0.2) is 46.6 Å². The Kier molecular flexibility index (Phi) is 9.39. The molecule has 2 amide bonds. The zero-order valence-corrected chi connectivity index (χ0v) is 29.7. The number of thiazole rings is 1. The number of aryl methyl sites for hydroxylation is 2. The van der Waals surface area contributed by atoms with Gasteiger partial charge in [0.05, 0.1) is 27.0 Å². The largest absolute Gasteiger partial charge is 0.324 e. The van der Waals surface area contributed by atoms with E-state index in [1.807, 2.05) is 79.9 Å². The van der Waals surface area contributed by atoms with Crippen molar-refractivity contribution in [1.82, 2.24) is 19.1 Å². The fraction of sp³-hybridized carbons (Fsp3) is 0.343. The highest BCUT2D eigenvalue weighted by molar-refractivity contribution is 7.91. The van der Waals surface area contributed by atoms with Gasteiger partial charge in [0.2, 0.25) is 0 Å². The number of urea groups is 1. The van der Waals surface area contributed by atoms with Crippen LogP contribution in [0.4, 0.5) is 16.3 Å². The smallest absolute Gasteiger partial charge is 0.307 e. The SMILES string of the molecule is Cc1ccc(-n2nc(C(C)(C)C)cc2NC(=O)Nc2ccccc2CC2CCN(S(=O)(=O)c3ccc(-c4csc(C)n4)s3)CC2)cc1. The van der Waals surface area contributed by atoms with Crippen LogP contribution in [0, 0.1) is 19.8 Å². The summed E-state index contributed by atoms with van der Waals surface area (Å²) in [6, 6.07) is 21.0. The number of rotatable bonds is 8. The average molecular weight is 689 g/mol. The van der Waals surface area contributed by atoms with Crippen LogP contribution in [0.1, 0.15) is 55.4 Å². The molecule has 0 atom stereocenters. The van der Waals surface area contributed by atoms with Crippen molar-refractivity contribution in [1.29, 1.82) is 0 Å². The number of anilines is 2. The molecule has 2 N–H and O–H groups in total. The molecule has 12 heteroatoms. The van der Waals surface area contributed by atoms with Gasteiger partial charge >= 0.3 is 6.03 Å². The molecule has 0 unspecified atom stereocenters. The Balaban J connectivity index is 1.10. The van der Waals surface area contributed by atoms with E-state index in [0.29, 0.717) is 29.0 Å². The molecular formula is C35H40N6O3S3. The summed E-state index contributed by atoms with van der Waals surface area (Å²) in [5.41, 5.74) is 5.27. The number of aromatic nitrogens is 3. The Morgan fingerprint density at radius 3 is 2.38 bits per heavy atom. The Morgan fingerprint density at radius 1 is 0.979 bits per heavy atom. The number of carbonyl (C=O) groups excluding carboxylic acids is 1. The zero-order valence-electron chi connectivity index (χ0n) is 27.3. The number of benzene rings is 2. The van der Waals surface area contributed by atoms with Crippen LogP contribution in [0.15, 0.2) is 76.3 Å². The van der Waals surface area contributed by atoms with Gasteiger partial charge < -0.3 is 5.32 Å². The fourth-order valence-corrected chi connectivity index (χ4v) is 9.25. The van der Waals surface area contributed by atoms with Gasteiger partial charge in [-0.25, -0.2) is 22.9 Å². The minimum absolute atomic E-state index is 0.197. The topological polar surface area (TPSA) is 109 Å². The molecule has 4 heterocycles. The summed E-state index contributed by atoms with van der Waals surface area (Å²) >= 11 is 2.83. The van der Waals surface area contributed by atoms with Gasteiger partial charge in [-0.15, -0.1) is 22.7 Å². The van der Waals surface area contributed by atoms with Crippen LogP contribution in [0.25, 0.3) is 16.3 Å². The molecule has 0 radical (unpaired) electrons. The number of nitrogens with zero attached hydrogens (tertiary/aromatic N) is 4. The second-order valence-electron chi connectivity index (χ2n) is 13.1. The first-order chi connectivity index (χ1) is 22.4. The van der Waals surface area contributed by atoms with Gasteiger partial charge in [-0.05, 0) is 74.9 Å². The van der Waals surface area contributed by atoms with Crippen molar-refractivity contribution in [2.24, 2.45) is 5.92 Å². The lowest BCUT2D eigenvalue weighted by molar-refractivity contribution is 0.261. The molecule has 0 aliphatic carbocycles. The molecule has 5 aromatic rings. The number of sulfonamides is 1. The highest BCUT2D eigenvalue weighted by atomic mass is 32.2. The van der Waals surface area contributed by atoms with Crippen LogP contribution < -0.4 is 10.6 Å². The van der Waals surface area contributed by atoms with Gasteiger partial charge in [0.15, 0.2) is 0 Å². The van der Waals surface area contributed by atoms with Gasteiger partial charge in [-0.2, -0.15) is 9.40 Å². The minimum atomic E-state index is -3.57. The zero-order chi connectivity index (χ0) is 33.3. The van der Waals surface area contributed by atoms with E-state index in [1.165, 1.54) is 11.3 Å². The van der Waals surface area contributed by atoms with Crippen molar-refractivity contribution in [2.75, 3.05) is 23.7 Å². The maximum atomic E-state index is 13.5. The standard InChI is InChI=1S/C35H40N6O3S3/c1-23-10-12-27(13-11-23)41-32(21-31(39-41)35(3,4)5)38-34(42)37-28-9-7-6-8-26(28)20-25-16-18-40(19-17-25)47(43,44)33-15-14-30(46-33)29-22-45-24(2)36-29/h6-15,21-22,25H,16-20H2,1-5H3,(H2,37,38,42). The maximum Gasteiger partial charge on any atom is 0.324 e. The third-order valence-electron chi connectivity index (χ3n) is 8.39. The first-order valence-corrected chi connectivity index (χ1v) is 18.9. The van der Waals surface area contributed by atoms with Crippen molar-refractivity contribution >= 4 is 50.2 Å². The van der Waals surface area contributed by atoms with E-state index in [0.717, 1.165) is 63.0 Å². The summed E-state index contributed by atoms with van der Waals surface area (Å²) in [5, 5.41) is 13.8. The number of para-hydroxylation sites is 1. The number of nitrogens with one attached hydrogen (secondary N) is 2. The van der Waals surface area contributed by atoms with Crippen molar-refractivity contribution in [3.8, 4) is 16.3 Å². The number of carbonyl (C=O) groups is 1. The minimum Gasteiger partial charge on any atom is -0.307 e. The Labute approximate surface area is 284 Å². The predicted octanol–water partition coefficient (Wildman–Crippen LogP) is 8.26. The lowest BCUT2D eigenvalue weighted by Crippen LogP contribution is -2.38. The molecule has 47 heavy (non-hydrogen) atoms. The summed E-state index contributed by atoms with van der Waals surface area (Å²) in [5.74, 6) is 0.878. The first kappa shape index (κ1) is 33.1. The Bertz CT molecular complexity index is 1980. The average Bonchev–Trinajstić information content (AvgIpc) is 3.79. The molecule has 0 saturated carbocycles. The molecule has 246 valence electrons. The number of hydrogen-bond donors (Lipinski definition) is 2. The Hall–Kier alpha value is -3.84. The third-order valence-corrected chi connectivity index (χ3v) is 12.6. The van der Waals surface area contributed by atoms with Crippen molar-refractivity contribution in [3.63, 3.8) is 0 Å². The number of hydrogen-bond acceptors (Lipinski definition) is 7. The van der Waals surface area contributed by atoms with E-state index in [-0.39, 0.29) is 11.4 Å². The van der Waals surface area contributed by atoms with E-state index in [9.17, 15) is 13.2 Å². The van der Waals surface area contributed by atoms with E-state index in [2.05, 4.69) is 36.4 Å². The van der Waals surface area contributed by atoms with Gasteiger partial charge in [0.25, 0.3) is 10.0 Å². The fourth-order valence-electron chi connectivity index (χ4n) is 5.67. The van der Waals surface area contributed by atoms with Crippen LogP contribution in [0.3, 0.4) is 0 Å². The third kappa shape index (κ3) is 7.51. The lowest BCUT2D eigenvalue weighted by Gasteiger charge is -2.31. The molecule has 1 aliphatic rings. The number of amides is 2. The highest BCUT2D eigenvalue weighted by Gasteiger charge is 2.31. The second kappa shape index (κ2) is 13.3. The number of piperidine rings is 1. The molecule has 1 aliphatic heterocycles. The van der Waals surface area contributed by atoms with E-state index < -0.39 is 10.0 Å². The van der Waals surface area contributed by atoms with Gasteiger partial charge in [0.1, 0.15) is 10.0 Å². The van der Waals surface area contributed by atoms with E-state index >= 15 is 0 Å². The molecule has 6 rings (SSSR count). The molecule has 1 fully saturated rings. The van der Waals surface area contributed by atoms with Gasteiger partial charge in [-0.3, -0.25) is 5.32 Å². The monoisotopic (exact) mass is 688 g/mol. The number of thiophene rings is 1. The molecule has 0 bridgehead atoms. The lowest BCUT2D eigenvalue weighted by atomic mass is 9.90. The normalized spacial score (nSPS) is 14.7. The summed E-state index contributed by atoms with van der Waals surface area (Å²) in [6.07, 6.45) is 2.23. The van der Waals surface area contributed by atoms with Crippen molar-refractivity contribution in [2.45, 2.75) is 63.5 Å². The highest BCUT2D eigenvalue weighted by Crippen LogP contribution is 2.35. The quantitative estimate of drug-likeness (QED) is 0.171. The molecule has 9 nitrogen and oxygen atoms in total. The van der Waals surface area contributed by atoms with Crippen LogP contribution in [-0.2, 0) is 21.9 Å². The molecule has 1 saturated heterocycles. The molecule has 2 aromatic carbocycles. The van der Waals surface area contributed by atoms with E-state index in [4.69, 9.17) is 5.10 Å². The first-order valence-electron chi connectivity index (χ1n) is 15.7. The van der Waals surface area contributed by atoms with Crippen LogP contribution in [0.2, 0.25) is 0 Å². The molecule has 3 aromatic heterocycles. The second-order valence-corrected chi connectivity index (χ2v) is 17.4. The maximum absolute atomic E-state index is 13.5. The summed E-state index contributed by atoms with van der Waals surface area (Å²) in [4.78, 5) is 18.7. The Morgan fingerprint density at radius 2 is 1.70 bits per heavy atom. The molecule has 0 spiro atoms. The molecular weight excluding hydrogens is 649 g/mol. The van der Waals surface area contributed by atoms with Gasteiger partial charge in [-0.1, -0.05) is 56.7 Å². The summed E-state index contributed by atoms with van der Waals surface area (Å²) in [7, 11) is -3.57. The van der Waals surface area contributed by atoms with E-state index in [1.54, 1.807) is 26.4 Å². The van der Waals surface area contributed by atoms with Gasteiger partial charge in [0, 0.05) is 35.6 Å². The summed E-state index contributed by atoms with van der Waals surface area (Å²) in [6.45, 7) is 11.2. The van der Waals surface area contributed by atoms with Crippen molar-refractivity contribution < 1.29 is 13.2 Å². The van der Waals surface area contributed by atoms with Crippen LogP contribution in [0.5, 0.6) is 0 Å². The summed E-state index contributed by atoms with van der Waals surface area (Å²) < 4.78 is 30.7.